The monoisotopic (exact) mass is 202 g/mol. The number of thioether (sulfide) groups is 1. The molecule has 13 heavy (non-hydrogen) atoms. The van der Waals surface area contributed by atoms with Crippen LogP contribution in [0.2, 0.25) is 0 Å². The van der Waals surface area contributed by atoms with E-state index in [4.69, 9.17) is 0 Å². The van der Waals surface area contributed by atoms with E-state index in [9.17, 15) is 4.79 Å². The molecule has 1 atom stereocenters. The molecule has 1 aliphatic rings. The lowest BCUT2D eigenvalue weighted by Gasteiger charge is -2.10. The third kappa shape index (κ3) is 4.52. The van der Waals surface area contributed by atoms with Crippen LogP contribution in [0, 0.1) is 0 Å². The Kier molecular flexibility index (Phi) is 5.23. The van der Waals surface area contributed by atoms with Crippen molar-refractivity contribution < 1.29 is 4.79 Å². The molecule has 1 fully saturated rings. The third-order valence-corrected chi connectivity index (χ3v) is 3.17. The van der Waals surface area contributed by atoms with Crippen LogP contribution in [-0.4, -0.2) is 36.5 Å². The molecule has 0 aromatic carbocycles. The summed E-state index contributed by atoms with van der Waals surface area (Å²) in [7, 11) is 0. The highest BCUT2D eigenvalue weighted by molar-refractivity contribution is 7.99. The molecular weight excluding hydrogens is 184 g/mol. The van der Waals surface area contributed by atoms with E-state index >= 15 is 0 Å². The first-order valence-corrected chi connectivity index (χ1v) is 6.06. The lowest BCUT2D eigenvalue weighted by molar-refractivity contribution is -0.119. The summed E-state index contributed by atoms with van der Waals surface area (Å²) in [4.78, 5) is 11.3. The molecule has 0 radical (unpaired) electrons. The molecule has 1 amide bonds. The standard InChI is InChI=1S/C9H18N2OS/c1-2-5-13-7-9(12)11-8-3-4-10-6-8/h8,10H,2-7H2,1H3,(H,11,12). The van der Waals surface area contributed by atoms with Gasteiger partial charge in [0.15, 0.2) is 0 Å². The molecule has 4 heteroatoms. The van der Waals surface area contributed by atoms with Crippen LogP contribution in [0.25, 0.3) is 0 Å². The van der Waals surface area contributed by atoms with Crippen LogP contribution in [0.3, 0.4) is 0 Å². The van der Waals surface area contributed by atoms with Crippen molar-refractivity contribution in [2.45, 2.75) is 25.8 Å². The summed E-state index contributed by atoms with van der Waals surface area (Å²) in [5.74, 6) is 1.88. The minimum Gasteiger partial charge on any atom is -0.351 e. The number of carbonyl (C=O) groups excluding carboxylic acids is 1. The smallest absolute Gasteiger partial charge is 0.230 e. The van der Waals surface area contributed by atoms with Gasteiger partial charge in [-0.25, -0.2) is 0 Å². The van der Waals surface area contributed by atoms with E-state index in [-0.39, 0.29) is 5.91 Å². The van der Waals surface area contributed by atoms with E-state index < -0.39 is 0 Å². The average molecular weight is 202 g/mol. The summed E-state index contributed by atoms with van der Waals surface area (Å²) in [6.07, 6.45) is 2.22. The maximum atomic E-state index is 11.3. The van der Waals surface area contributed by atoms with Crippen molar-refractivity contribution >= 4 is 17.7 Å². The fourth-order valence-corrected chi connectivity index (χ4v) is 2.06. The van der Waals surface area contributed by atoms with Crippen LogP contribution in [0.5, 0.6) is 0 Å². The van der Waals surface area contributed by atoms with Gasteiger partial charge in [-0.2, -0.15) is 11.8 Å². The Balaban J connectivity index is 2.02. The summed E-state index contributed by atoms with van der Waals surface area (Å²) >= 11 is 1.71. The van der Waals surface area contributed by atoms with E-state index in [2.05, 4.69) is 17.6 Å². The van der Waals surface area contributed by atoms with Crippen LogP contribution in [0.15, 0.2) is 0 Å². The van der Waals surface area contributed by atoms with Crippen LogP contribution >= 0.6 is 11.8 Å². The highest BCUT2D eigenvalue weighted by atomic mass is 32.2. The minimum absolute atomic E-state index is 0.187. The summed E-state index contributed by atoms with van der Waals surface area (Å²) in [5.41, 5.74) is 0. The molecule has 76 valence electrons. The highest BCUT2D eigenvalue weighted by Crippen LogP contribution is 2.02. The predicted octanol–water partition coefficient (Wildman–Crippen LogP) is 0.608. The van der Waals surface area contributed by atoms with Gasteiger partial charge in [-0.3, -0.25) is 4.79 Å². The molecule has 0 aromatic heterocycles. The average Bonchev–Trinajstić information content (AvgIpc) is 2.57. The maximum absolute atomic E-state index is 11.3. The van der Waals surface area contributed by atoms with Gasteiger partial charge in [0.2, 0.25) is 5.91 Å². The number of amides is 1. The number of rotatable bonds is 5. The molecule has 1 saturated heterocycles. The molecule has 2 N–H and O–H groups in total. The Labute approximate surface area is 84.0 Å². The zero-order chi connectivity index (χ0) is 9.52. The normalized spacial score (nSPS) is 21.8. The first-order chi connectivity index (χ1) is 6.33. The Morgan fingerprint density at radius 1 is 1.69 bits per heavy atom. The number of carbonyl (C=O) groups is 1. The summed E-state index contributed by atoms with van der Waals surface area (Å²) in [5, 5.41) is 6.24. The molecule has 0 aromatic rings. The van der Waals surface area contributed by atoms with Crippen molar-refractivity contribution in [3.05, 3.63) is 0 Å². The fraction of sp³-hybridized carbons (Fsp3) is 0.889. The van der Waals surface area contributed by atoms with E-state index in [1.54, 1.807) is 11.8 Å². The molecule has 1 heterocycles. The van der Waals surface area contributed by atoms with E-state index in [0.717, 1.165) is 31.7 Å². The number of nitrogens with one attached hydrogen (secondary N) is 2. The van der Waals surface area contributed by atoms with Crippen molar-refractivity contribution in [1.82, 2.24) is 10.6 Å². The van der Waals surface area contributed by atoms with Crippen LogP contribution in [0.1, 0.15) is 19.8 Å². The second-order valence-corrected chi connectivity index (χ2v) is 4.41. The van der Waals surface area contributed by atoms with Crippen molar-refractivity contribution in [3.8, 4) is 0 Å². The van der Waals surface area contributed by atoms with Crippen molar-refractivity contribution in [3.63, 3.8) is 0 Å². The van der Waals surface area contributed by atoms with E-state index in [1.165, 1.54) is 0 Å². The van der Waals surface area contributed by atoms with Crippen molar-refractivity contribution in [1.29, 1.82) is 0 Å². The van der Waals surface area contributed by atoms with Gasteiger partial charge in [-0.1, -0.05) is 6.92 Å². The largest absolute Gasteiger partial charge is 0.351 e. The predicted molar refractivity (Wildman–Crippen MR) is 57.0 cm³/mol. The quantitative estimate of drug-likeness (QED) is 0.642. The van der Waals surface area contributed by atoms with E-state index in [0.29, 0.717) is 11.8 Å². The fourth-order valence-electron chi connectivity index (χ4n) is 1.36. The molecule has 1 unspecified atom stereocenters. The molecule has 1 aliphatic heterocycles. The van der Waals surface area contributed by atoms with E-state index in [1.807, 2.05) is 0 Å². The molecule has 1 rings (SSSR count). The van der Waals surface area contributed by atoms with Crippen LogP contribution in [0.4, 0.5) is 0 Å². The zero-order valence-corrected chi connectivity index (χ0v) is 8.95. The lowest BCUT2D eigenvalue weighted by atomic mass is 10.3. The number of hydrogen-bond acceptors (Lipinski definition) is 3. The Morgan fingerprint density at radius 2 is 2.54 bits per heavy atom. The molecular formula is C9H18N2OS. The Bertz CT molecular complexity index is 158. The van der Waals surface area contributed by atoms with Gasteiger partial charge in [0.05, 0.1) is 5.75 Å². The lowest BCUT2D eigenvalue weighted by Crippen LogP contribution is -2.37. The Morgan fingerprint density at radius 3 is 3.15 bits per heavy atom. The highest BCUT2D eigenvalue weighted by Gasteiger charge is 2.15. The third-order valence-electron chi connectivity index (χ3n) is 2.01. The summed E-state index contributed by atoms with van der Waals surface area (Å²) in [6.45, 7) is 4.10. The first kappa shape index (κ1) is 10.9. The first-order valence-electron chi connectivity index (χ1n) is 4.90. The van der Waals surface area contributed by atoms with Crippen molar-refractivity contribution in [2.75, 3.05) is 24.6 Å². The second-order valence-electron chi connectivity index (χ2n) is 3.31. The molecule has 0 saturated carbocycles. The maximum Gasteiger partial charge on any atom is 0.230 e. The number of hydrogen-bond donors (Lipinski definition) is 2. The minimum atomic E-state index is 0.187. The molecule has 3 nitrogen and oxygen atoms in total. The van der Waals surface area contributed by atoms with Gasteiger partial charge in [-0.05, 0) is 25.1 Å². The van der Waals surface area contributed by atoms with Gasteiger partial charge in [0.25, 0.3) is 0 Å². The SMILES string of the molecule is CCCSCC(=O)NC1CCNC1. The second kappa shape index (κ2) is 6.27. The van der Waals surface area contributed by atoms with Crippen LogP contribution in [-0.2, 0) is 4.79 Å². The van der Waals surface area contributed by atoms with Gasteiger partial charge < -0.3 is 10.6 Å². The van der Waals surface area contributed by atoms with Gasteiger partial charge >= 0.3 is 0 Å². The zero-order valence-electron chi connectivity index (χ0n) is 8.14. The topological polar surface area (TPSA) is 41.1 Å². The molecule has 0 aliphatic carbocycles. The van der Waals surface area contributed by atoms with Crippen molar-refractivity contribution in [2.24, 2.45) is 0 Å². The summed E-state index contributed by atoms with van der Waals surface area (Å²) < 4.78 is 0. The molecule has 0 spiro atoms. The van der Waals surface area contributed by atoms with Gasteiger partial charge in [0.1, 0.15) is 0 Å². The summed E-state index contributed by atoms with van der Waals surface area (Å²) in [6, 6.07) is 0.370. The molecule has 0 bridgehead atoms. The Hall–Kier alpha value is -0.220. The van der Waals surface area contributed by atoms with Crippen LogP contribution < -0.4 is 10.6 Å². The van der Waals surface area contributed by atoms with Gasteiger partial charge in [-0.15, -0.1) is 0 Å². The van der Waals surface area contributed by atoms with Gasteiger partial charge in [0, 0.05) is 12.6 Å².